The summed E-state index contributed by atoms with van der Waals surface area (Å²) in [4.78, 5) is 15.5. The monoisotopic (exact) mass is 237 g/mol. The van der Waals surface area contributed by atoms with Crippen molar-refractivity contribution >= 4 is 6.16 Å². The average Bonchev–Trinajstić information content (AvgIpc) is 2.16. The summed E-state index contributed by atoms with van der Waals surface area (Å²) in [6.45, 7) is 5.35. The number of nitrogens with zero attached hydrogens (tertiary/aromatic N) is 1. The first kappa shape index (κ1) is 15.1. The Morgan fingerprint density at radius 1 is 1.31 bits per heavy atom. The SMILES string of the molecule is CCC(C)OC(=O)OCC[C@H](C)ON(O)O. The van der Waals surface area contributed by atoms with Crippen molar-refractivity contribution in [2.24, 2.45) is 0 Å². The number of ether oxygens (including phenoxy) is 2. The van der Waals surface area contributed by atoms with Crippen molar-refractivity contribution in [1.29, 1.82) is 0 Å². The van der Waals surface area contributed by atoms with Gasteiger partial charge in [-0.25, -0.2) is 9.63 Å². The Balaban J connectivity index is 3.54. The molecule has 0 aromatic carbocycles. The maximum Gasteiger partial charge on any atom is 0.508 e. The third kappa shape index (κ3) is 8.42. The summed E-state index contributed by atoms with van der Waals surface area (Å²) >= 11 is 0. The van der Waals surface area contributed by atoms with E-state index in [0.29, 0.717) is 6.42 Å². The zero-order valence-corrected chi connectivity index (χ0v) is 9.75. The van der Waals surface area contributed by atoms with Crippen molar-refractivity contribution in [1.82, 2.24) is 5.39 Å². The van der Waals surface area contributed by atoms with E-state index in [2.05, 4.69) is 4.84 Å². The Morgan fingerprint density at radius 3 is 2.44 bits per heavy atom. The van der Waals surface area contributed by atoms with Crippen LogP contribution in [0.1, 0.15) is 33.6 Å². The van der Waals surface area contributed by atoms with E-state index in [1.165, 1.54) is 0 Å². The number of carbonyl (C=O) groups excluding carboxylic acids is 1. The van der Waals surface area contributed by atoms with Crippen LogP contribution in [0.3, 0.4) is 0 Å². The van der Waals surface area contributed by atoms with Gasteiger partial charge in [-0.3, -0.25) is 10.4 Å². The molecular weight excluding hydrogens is 218 g/mol. The molecule has 0 rings (SSSR count). The molecule has 0 aliphatic heterocycles. The minimum absolute atomic E-state index is 0.0876. The largest absolute Gasteiger partial charge is 0.508 e. The molecule has 0 aliphatic rings. The lowest BCUT2D eigenvalue weighted by atomic mass is 10.3. The van der Waals surface area contributed by atoms with Gasteiger partial charge in [0.2, 0.25) is 0 Å². The lowest BCUT2D eigenvalue weighted by Gasteiger charge is -2.14. The molecule has 0 heterocycles. The van der Waals surface area contributed by atoms with Crippen LogP contribution in [0.25, 0.3) is 0 Å². The minimum Gasteiger partial charge on any atom is -0.434 e. The molecular formula is C9H19NO6. The minimum atomic E-state index is -0.730. The van der Waals surface area contributed by atoms with Crippen molar-refractivity contribution in [3.05, 3.63) is 0 Å². The molecule has 0 saturated heterocycles. The van der Waals surface area contributed by atoms with Gasteiger partial charge in [-0.15, -0.1) is 0 Å². The normalized spacial score (nSPS) is 14.6. The molecule has 7 nitrogen and oxygen atoms in total. The van der Waals surface area contributed by atoms with Gasteiger partial charge in [0.1, 0.15) is 6.10 Å². The highest BCUT2D eigenvalue weighted by atomic mass is 17.1. The van der Waals surface area contributed by atoms with Crippen molar-refractivity contribution in [2.45, 2.75) is 45.8 Å². The Labute approximate surface area is 94.4 Å². The van der Waals surface area contributed by atoms with Gasteiger partial charge in [0.25, 0.3) is 0 Å². The molecule has 0 spiro atoms. The van der Waals surface area contributed by atoms with E-state index in [1.54, 1.807) is 13.8 Å². The second-order valence-electron chi connectivity index (χ2n) is 3.39. The molecule has 0 saturated carbocycles. The third-order valence-corrected chi connectivity index (χ3v) is 1.89. The lowest BCUT2D eigenvalue weighted by molar-refractivity contribution is -0.503. The summed E-state index contributed by atoms with van der Waals surface area (Å²) in [5, 5.41) is 16.3. The fraction of sp³-hybridized carbons (Fsp3) is 0.889. The zero-order valence-electron chi connectivity index (χ0n) is 9.75. The topological polar surface area (TPSA) is 88.5 Å². The van der Waals surface area contributed by atoms with Gasteiger partial charge < -0.3 is 9.47 Å². The smallest absolute Gasteiger partial charge is 0.434 e. The number of hydrogen-bond donors (Lipinski definition) is 2. The van der Waals surface area contributed by atoms with Gasteiger partial charge in [0.05, 0.1) is 18.1 Å². The molecule has 0 bridgehead atoms. The van der Waals surface area contributed by atoms with E-state index in [1.807, 2.05) is 6.92 Å². The highest BCUT2D eigenvalue weighted by molar-refractivity contribution is 5.59. The third-order valence-electron chi connectivity index (χ3n) is 1.89. The molecule has 0 aliphatic carbocycles. The molecule has 7 heteroatoms. The van der Waals surface area contributed by atoms with Crippen molar-refractivity contribution in [2.75, 3.05) is 6.61 Å². The summed E-state index contributed by atoms with van der Waals surface area (Å²) in [6, 6.07) is 0. The van der Waals surface area contributed by atoms with Crippen LogP contribution in [0.5, 0.6) is 0 Å². The Kier molecular flexibility index (Phi) is 7.82. The fourth-order valence-corrected chi connectivity index (χ4v) is 0.803. The molecule has 16 heavy (non-hydrogen) atoms. The van der Waals surface area contributed by atoms with Gasteiger partial charge in [-0.2, -0.15) is 0 Å². The van der Waals surface area contributed by atoms with Gasteiger partial charge >= 0.3 is 6.16 Å². The Hall–Kier alpha value is -0.890. The fourth-order valence-electron chi connectivity index (χ4n) is 0.803. The van der Waals surface area contributed by atoms with Crippen LogP contribution in [0, 0.1) is 0 Å². The molecule has 1 unspecified atom stereocenters. The second kappa shape index (κ2) is 8.28. The van der Waals surface area contributed by atoms with Crippen molar-refractivity contribution < 1.29 is 29.5 Å². The molecule has 2 N–H and O–H groups in total. The summed E-state index contributed by atoms with van der Waals surface area (Å²) in [7, 11) is 0. The van der Waals surface area contributed by atoms with Gasteiger partial charge in [0.15, 0.2) is 0 Å². The summed E-state index contributed by atoms with van der Waals surface area (Å²) in [5.41, 5.74) is 0. The van der Waals surface area contributed by atoms with Crippen LogP contribution < -0.4 is 0 Å². The second-order valence-corrected chi connectivity index (χ2v) is 3.39. The van der Waals surface area contributed by atoms with Crippen molar-refractivity contribution in [3.8, 4) is 0 Å². The highest BCUT2D eigenvalue weighted by Crippen LogP contribution is 2.02. The predicted octanol–water partition coefficient (Wildman–Crippen LogP) is 1.73. The molecule has 0 fully saturated rings. The van der Waals surface area contributed by atoms with Crippen LogP contribution in [-0.2, 0) is 14.3 Å². The van der Waals surface area contributed by atoms with E-state index in [4.69, 9.17) is 19.9 Å². The van der Waals surface area contributed by atoms with Crippen LogP contribution in [0.4, 0.5) is 4.79 Å². The van der Waals surface area contributed by atoms with Gasteiger partial charge in [0, 0.05) is 6.42 Å². The van der Waals surface area contributed by atoms with E-state index in [0.717, 1.165) is 6.42 Å². The van der Waals surface area contributed by atoms with E-state index >= 15 is 0 Å². The van der Waals surface area contributed by atoms with Crippen LogP contribution in [0.2, 0.25) is 0 Å². The summed E-state index contributed by atoms with van der Waals surface area (Å²) in [6.07, 6.45) is -0.337. The van der Waals surface area contributed by atoms with Gasteiger partial charge in [-0.05, 0) is 20.3 Å². The quantitative estimate of drug-likeness (QED) is 0.514. The number of carbonyl (C=O) groups is 1. The number of rotatable bonds is 7. The lowest BCUT2D eigenvalue weighted by Crippen LogP contribution is -2.24. The highest BCUT2D eigenvalue weighted by Gasteiger charge is 2.11. The molecule has 0 radical (unpaired) electrons. The molecule has 96 valence electrons. The van der Waals surface area contributed by atoms with Crippen LogP contribution in [-0.4, -0.2) is 40.8 Å². The Bertz CT molecular complexity index is 198. The maximum absolute atomic E-state index is 11.0. The molecule has 0 aromatic heterocycles. The zero-order chi connectivity index (χ0) is 12.6. The Morgan fingerprint density at radius 2 is 1.94 bits per heavy atom. The molecule has 0 amide bonds. The maximum atomic E-state index is 11.0. The first-order valence-corrected chi connectivity index (χ1v) is 5.13. The first-order chi connectivity index (χ1) is 7.45. The van der Waals surface area contributed by atoms with Crippen LogP contribution in [0.15, 0.2) is 0 Å². The van der Waals surface area contributed by atoms with Crippen molar-refractivity contribution in [3.63, 3.8) is 0 Å². The van der Waals surface area contributed by atoms with E-state index in [-0.39, 0.29) is 18.1 Å². The molecule has 0 aromatic rings. The standard InChI is InChI=1S/C9H19NO6/c1-4-7(2)15-9(11)14-6-5-8(3)16-10(12)13/h7-8,12-13H,4-6H2,1-3H3/t7?,8-/m0/s1. The molecule has 2 atom stereocenters. The predicted molar refractivity (Wildman–Crippen MR) is 52.8 cm³/mol. The van der Waals surface area contributed by atoms with E-state index in [9.17, 15) is 4.79 Å². The van der Waals surface area contributed by atoms with Crippen LogP contribution >= 0.6 is 0 Å². The van der Waals surface area contributed by atoms with Gasteiger partial charge in [-0.1, -0.05) is 6.92 Å². The summed E-state index contributed by atoms with van der Waals surface area (Å²) < 4.78 is 9.60. The first-order valence-electron chi connectivity index (χ1n) is 5.13. The summed E-state index contributed by atoms with van der Waals surface area (Å²) in [5.74, 6) is 0. The van der Waals surface area contributed by atoms with E-state index < -0.39 is 12.3 Å². The number of hydrogen-bond acceptors (Lipinski definition) is 7. The average molecular weight is 237 g/mol.